The summed E-state index contributed by atoms with van der Waals surface area (Å²) in [6, 6.07) is 3.57. The number of halogens is 1. The zero-order chi connectivity index (χ0) is 13.8. The quantitative estimate of drug-likeness (QED) is 0.852. The van der Waals surface area contributed by atoms with E-state index in [1.54, 1.807) is 19.1 Å². The van der Waals surface area contributed by atoms with Gasteiger partial charge in [-0.05, 0) is 31.9 Å². The Morgan fingerprint density at radius 3 is 2.79 bits per heavy atom. The summed E-state index contributed by atoms with van der Waals surface area (Å²) in [5, 5.41) is 0. The molecule has 104 valence electrons. The molecule has 1 atom stereocenters. The molecule has 1 aromatic rings. The lowest BCUT2D eigenvalue weighted by atomic mass is 10.0. The van der Waals surface area contributed by atoms with Gasteiger partial charge >= 0.3 is 0 Å². The molecule has 1 aliphatic rings. The summed E-state index contributed by atoms with van der Waals surface area (Å²) in [6.07, 6.45) is 4.62. The number of carbonyl (C=O) groups is 2. The average Bonchev–Trinajstić information content (AvgIpc) is 2.65. The van der Waals surface area contributed by atoms with Crippen LogP contribution in [0.3, 0.4) is 0 Å². The summed E-state index contributed by atoms with van der Waals surface area (Å²) in [6.45, 7) is 2.34. The van der Waals surface area contributed by atoms with E-state index in [4.69, 9.17) is 11.6 Å². The maximum Gasteiger partial charge on any atom is 0.264 e. The molecule has 2 rings (SSSR count). The monoisotopic (exact) mass is 299 g/mol. The van der Waals surface area contributed by atoms with Crippen LogP contribution in [0.1, 0.15) is 48.7 Å². The van der Waals surface area contributed by atoms with Crippen LogP contribution in [0.5, 0.6) is 0 Å². The van der Waals surface area contributed by atoms with E-state index < -0.39 is 0 Å². The second-order valence-corrected chi connectivity index (χ2v) is 6.73. The molecule has 2 heterocycles. The third-order valence-electron chi connectivity index (χ3n) is 3.45. The highest BCUT2D eigenvalue weighted by Gasteiger charge is 2.27. The number of hydrogen-bond acceptors (Lipinski definition) is 3. The zero-order valence-corrected chi connectivity index (χ0v) is 12.6. The zero-order valence-electron chi connectivity index (χ0n) is 11.0. The molecule has 0 aromatic carbocycles. The summed E-state index contributed by atoms with van der Waals surface area (Å²) in [5.74, 6) is 0.166. The first-order valence-corrected chi connectivity index (χ1v) is 7.83. The summed E-state index contributed by atoms with van der Waals surface area (Å²) in [4.78, 5) is 26.4. The van der Waals surface area contributed by atoms with Crippen molar-refractivity contribution in [1.82, 2.24) is 4.90 Å². The first kappa shape index (κ1) is 14.5. The highest BCUT2D eigenvalue weighted by atomic mass is 35.5. The highest BCUT2D eigenvalue weighted by molar-refractivity contribution is 7.17. The molecule has 1 amide bonds. The van der Waals surface area contributed by atoms with Gasteiger partial charge in [-0.15, -0.1) is 11.3 Å². The Bertz CT molecular complexity index is 472. The normalized spacial score (nSPS) is 20.1. The van der Waals surface area contributed by atoms with Crippen molar-refractivity contribution in [1.29, 1.82) is 0 Å². The van der Waals surface area contributed by atoms with Crippen LogP contribution in [0.4, 0.5) is 0 Å². The molecule has 1 aliphatic heterocycles. The lowest BCUT2D eigenvalue weighted by Crippen LogP contribution is -2.40. The highest BCUT2D eigenvalue weighted by Crippen LogP contribution is 2.26. The van der Waals surface area contributed by atoms with Gasteiger partial charge in [0.1, 0.15) is 5.78 Å². The topological polar surface area (TPSA) is 37.4 Å². The smallest absolute Gasteiger partial charge is 0.264 e. The van der Waals surface area contributed by atoms with Crippen LogP contribution < -0.4 is 0 Å². The van der Waals surface area contributed by atoms with Crippen LogP contribution in [-0.2, 0) is 4.79 Å². The number of hydrogen-bond donors (Lipinski definition) is 0. The van der Waals surface area contributed by atoms with E-state index >= 15 is 0 Å². The fourth-order valence-electron chi connectivity index (χ4n) is 2.56. The van der Waals surface area contributed by atoms with Crippen LogP contribution in [0.2, 0.25) is 4.34 Å². The molecule has 5 heteroatoms. The molecule has 1 fully saturated rings. The van der Waals surface area contributed by atoms with Crippen molar-refractivity contribution in [2.45, 2.75) is 45.1 Å². The van der Waals surface area contributed by atoms with Crippen LogP contribution in [0.15, 0.2) is 12.1 Å². The van der Waals surface area contributed by atoms with E-state index in [-0.39, 0.29) is 17.7 Å². The van der Waals surface area contributed by atoms with Gasteiger partial charge in [-0.1, -0.05) is 24.4 Å². The Balaban J connectivity index is 2.17. The van der Waals surface area contributed by atoms with Crippen LogP contribution in [-0.4, -0.2) is 29.2 Å². The van der Waals surface area contributed by atoms with Crippen molar-refractivity contribution in [2.24, 2.45) is 0 Å². The minimum atomic E-state index is 0.0186. The van der Waals surface area contributed by atoms with Gasteiger partial charge < -0.3 is 4.90 Å². The van der Waals surface area contributed by atoms with Crippen LogP contribution in [0, 0.1) is 0 Å². The Morgan fingerprint density at radius 2 is 2.16 bits per heavy atom. The lowest BCUT2D eigenvalue weighted by molar-refractivity contribution is -0.118. The van der Waals surface area contributed by atoms with E-state index in [0.717, 1.165) is 32.2 Å². The predicted octanol–water partition coefficient (Wildman–Crippen LogP) is 3.77. The molecule has 1 aromatic heterocycles. The molecule has 19 heavy (non-hydrogen) atoms. The Kier molecular flexibility index (Phi) is 4.99. The van der Waals surface area contributed by atoms with Crippen molar-refractivity contribution in [2.75, 3.05) is 6.54 Å². The average molecular weight is 300 g/mol. The molecular weight excluding hydrogens is 282 g/mol. The number of amides is 1. The fourth-order valence-corrected chi connectivity index (χ4v) is 3.56. The van der Waals surface area contributed by atoms with Crippen molar-refractivity contribution < 1.29 is 9.59 Å². The third-order valence-corrected chi connectivity index (χ3v) is 4.66. The van der Waals surface area contributed by atoms with Crippen molar-refractivity contribution in [3.8, 4) is 0 Å². The van der Waals surface area contributed by atoms with Crippen molar-refractivity contribution in [3.63, 3.8) is 0 Å². The van der Waals surface area contributed by atoms with E-state index in [1.165, 1.54) is 11.3 Å². The molecule has 0 bridgehead atoms. The number of likely N-dealkylation sites (tertiary alicyclic amines) is 1. The third kappa shape index (κ3) is 3.80. The predicted molar refractivity (Wildman–Crippen MR) is 77.9 cm³/mol. The SMILES string of the molecule is CC(=O)CC1CCCCCN1C(=O)c1ccc(Cl)s1. The maximum absolute atomic E-state index is 12.5. The van der Waals surface area contributed by atoms with Gasteiger partial charge in [0.05, 0.1) is 9.21 Å². The summed E-state index contributed by atoms with van der Waals surface area (Å²) in [5.41, 5.74) is 0. The molecule has 0 spiro atoms. The number of nitrogens with zero attached hydrogens (tertiary/aromatic N) is 1. The standard InChI is InChI=1S/C14H18ClNO2S/c1-10(17)9-11-5-3-2-4-8-16(11)14(18)12-6-7-13(15)19-12/h6-7,11H,2-5,8-9H2,1H3. The Labute approximate surface area is 122 Å². The van der Waals surface area contributed by atoms with Crippen LogP contribution >= 0.6 is 22.9 Å². The molecule has 0 radical (unpaired) electrons. The van der Waals surface area contributed by atoms with E-state index in [1.807, 2.05) is 4.90 Å². The fraction of sp³-hybridized carbons (Fsp3) is 0.571. The van der Waals surface area contributed by atoms with Gasteiger partial charge in [-0.2, -0.15) is 0 Å². The number of Topliss-reactive ketones (excluding diaryl/α,β-unsaturated/α-hetero) is 1. The molecule has 0 N–H and O–H groups in total. The van der Waals surface area contributed by atoms with Gasteiger partial charge in [0.15, 0.2) is 0 Å². The van der Waals surface area contributed by atoms with Gasteiger partial charge in [-0.3, -0.25) is 9.59 Å². The summed E-state index contributed by atoms with van der Waals surface area (Å²) < 4.78 is 0.626. The van der Waals surface area contributed by atoms with Gasteiger partial charge in [-0.25, -0.2) is 0 Å². The lowest BCUT2D eigenvalue weighted by Gasteiger charge is -2.29. The minimum Gasteiger partial charge on any atom is -0.335 e. The van der Waals surface area contributed by atoms with E-state index in [9.17, 15) is 9.59 Å². The maximum atomic E-state index is 12.5. The first-order valence-electron chi connectivity index (χ1n) is 6.63. The van der Waals surface area contributed by atoms with Gasteiger partial charge in [0, 0.05) is 19.0 Å². The van der Waals surface area contributed by atoms with Gasteiger partial charge in [0.2, 0.25) is 0 Å². The summed E-state index contributed by atoms with van der Waals surface area (Å²) in [7, 11) is 0. The molecule has 1 unspecified atom stereocenters. The number of ketones is 1. The molecule has 0 aliphatic carbocycles. The van der Waals surface area contributed by atoms with E-state index in [0.29, 0.717) is 15.6 Å². The second kappa shape index (κ2) is 6.53. The minimum absolute atomic E-state index is 0.0186. The summed E-state index contributed by atoms with van der Waals surface area (Å²) >= 11 is 7.20. The number of rotatable bonds is 3. The van der Waals surface area contributed by atoms with Crippen molar-refractivity contribution >= 4 is 34.6 Å². The second-order valence-electron chi connectivity index (χ2n) is 5.01. The molecule has 0 saturated carbocycles. The Morgan fingerprint density at radius 1 is 1.37 bits per heavy atom. The van der Waals surface area contributed by atoms with Crippen molar-refractivity contribution in [3.05, 3.63) is 21.3 Å². The molecular formula is C14H18ClNO2S. The first-order chi connectivity index (χ1) is 9.08. The number of thiophene rings is 1. The van der Waals surface area contributed by atoms with Crippen LogP contribution in [0.25, 0.3) is 0 Å². The largest absolute Gasteiger partial charge is 0.335 e. The van der Waals surface area contributed by atoms with E-state index in [2.05, 4.69) is 0 Å². The molecule has 3 nitrogen and oxygen atoms in total. The number of carbonyl (C=O) groups excluding carboxylic acids is 2. The Hall–Kier alpha value is -0.870. The van der Waals surface area contributed by atoms with Gasteiger partial charge in [0.25, 0.3) is 5.91 Å². The molecule has 1 saturated heterocycles.